The van der Waals surface area contributed by atoms with E-state index in [-0.39, 0.29) is 50.3 Å². The van der Waals surface area contributed by atoms with E-state index in [0.717, 1.165) is 29.8 Å². The number of halogens is 3. The summed E-state index contributed by atoms with van der Waals surface area (Å²) in [5.41, 5.74) is 3.02. The molecule has 3 aromatic rings. The molecule has 256 valence electrons. The van der Waals surface area contributed by atoms with Crippen molar-refractivity contribution >= 4 is 69.7 Å². The van der Waals surface area contributed by atoms with Crippen molar-refractivity contribution in [2.75, 3.05) is 10.3 Å². The zero-order valence-corrected chi connectivity index (χ0v) is 30.7. The lowest BCUT2D eigenvalue weighted by Crippen LogP contribution is -2.34. The molecule has 0 spiro atoms. The lowest BCUT2D eigenvalue weighted by atomic mass is 9.76. The van der Waals surface area contributed by atoms with Crippen LogP contribution < -0.4 is 20.4 Å². The van der Waals surface area contributed by atoms with E-state index < -0.39 is 17.9 Å². The summed E-state index contributed by atoms with van der Waals surface area (Å²) in [4.78, 5) is 39.6. The normalized spacial score (nSPS) is 14.1. The van der Waals surface area contributed by atoms with Crippen LogP contribution in [0.25, 0.3) is 0 Å². The number of anilines is 2. The maximum Gasteiger partial charge on any atom is 0.265 e. The Bertz CT molecular complexity index is 1710. The minimum absolute atomic E-state index is 0.00597. The highest BCUT2D eigenvalue weighted by molar-refractivity contribution is 6.42. The second-order valence-electron chi connectivity index (χ2n) is 13.3. The number of carbonyl (C=O) groups excluding carboxylic acids is 3. The molecule has 1 aliphatic rings. The van der Waals surface area contributed by atoms with Crippen molar-refractivity contribution in [3.8, 4) is 5.75 Å². The summed E-state index contributed by atoms with van der Waals surface area (Å²) in [6.07, 6.45) is 2.22. The van der Waals surface area contributed by atoms with Crippen LogP contribution in [0.15, 0.2) is 59.7 Å². The third kappa shape index (κ3) is 8.52. The Labute approximate surface area is 298 Å². The summed E-state index contributed by atoms with van der Waals surface area (Å²) in [5.74, 6) is -0.423. The maximum atomic E-state index is 13.6. The lowest BCUT2D eigenvalue weighted by molar-refractivity contribution is -0.123. The SMILES string of the molecule is CCCC(Oc1ccc(C(C)(C)CC)cc1C(C)(C)CC)C(=O)Nc1cccc(C(=O)NC2=NN(c3c(Cl)cc(Cl)cc3Cl)C(=O)C2)c1. The van der Waals surface area contributed by atoms with Crippen molar-refractivity contribution in [3.05, 3.63) is 86.4 Å². The number of benzene rings is 3. The molecule has 0 saturated heterocycles. The largest absolute Gasteiger partial charge is 0.480 e. The molecule has 0 fully saturated rings. The highest BCUT2D eigenvalue weighted by atomic mass is 35.5. The number of amides is 3. The minimum atomic E-state index is -0.750. The molecule has 3 amide bonds. The van der Waals surface area contributed by atoms with Gasteiger partial charge in [0.05, 0.1) is 16.5 Å². The molecule has 1 heterocycles. The molecule has 11 heteroatoms. The highest BCUT2D eigenvalue weighted by Gasteiger charge is 2.31. The zero-order valence-electron chi connectivity index (χ0n) is 28.5. The number of hydrogen-bond donors (Lipinski definition) is 2. The van der Waals surface area contributed by atoms with Gasteiger partial charge in [-0.1, -0.05) is 108 Å². The summed E-state index contributed by atoms with van der Waals surface area (Å²) in [7, 11) is 0. The van der Waals surface area contributed by atoms with Crippen LogP contribution in [-0.4, -0.2) is 29.7 Å². The van der Waals surface area contributed by atoms with Crippen LogP contribution in [0.5, 0.6) is 5.75 Å². The molecular weight excluding hydrogens is 671 g/mol. The molecule has 0 aromatic heterocycles. The summed E-state index contributed by atoms with van der Waals surface area (Å²) >= 11 is 18.5. The minimum Gasteiger partial charge on any atom is -0.480 e. The molecule has 0 aliphatic carbocycles. The van der Waals surface area contributed by atoms with Crippen LogP contribution in [0.3, 0.4) is 0 Å². The smallest absolute Gasteiger partial charge is 0.265 e. The first-order chi connectivity index (χ1) is 22.6. The average Bonchev–Trinajstić information content (AvgIpc) is 3.39. The first kappa shape index (κ1) is 37.2. The van der Waals surface area contributed by atoms with Gasteiger partial charge in [0.25, 0.3) is 17.7 Å². The summed E-state index contributed by atoms with van der Waals surface area (Å²) in [5, 5.41) is 11.5. The molecule has 8 nitrogen and oxygen atoms in total. The van der Waals surface area contributed by atoms with Crippen LogP contribution in [-0.2, 0) is 20.4 Å². The number of amidine groups is 1. The third-order valence-corrected chi connectivity index (χ3v) is 9.78. The van der Waals surface area contributed by atoms with Crippen molar-refractivity contribution in [2.24, 2.45) is 5.10 Å². The van der Waals surface area contributed by atoms with E-state index in [4.69, 9.17) is 39.5 Å². The van der Waals surface area contributed by atoms with E-state index in [9.17, 15) is 14.4 Å². The van der Waals surface area contributed by atoms with Crippen molar-refractivity contribution < 1.29 is 19.1 Å². The fourth-order valence-electron chi connectivity index (χ4n) is 5.21. The number of nitrogens with one attached hydrogen (secondary N) is 2. The van der Waals surface area contributed by atoms with Crippen molar-refractivity contribution in [2.45, 2.75) is 97.5 Å². The monoisotopic (exact) mass is 712 g/mol. The fourth-order valence-corrected chi connectivity index (χ4v) is 6.19. The van der Waals surface area contributed by atoms with E-state index in [1.807, 2.05) is 13.0 Å². The summed E-state index contributed by atoms with van der Waals surface area (Å²) in [6.45, 7) is 15.2. The zero-order chi connectivity index (χ0) is 35.4. The topological polar surface area (TPSA) is 100 Å². The number of nitrogens with zero attached hydrogens (tertiary/aromatic N) is 2. The van der Waals surface area contributed by atoms with Gasteiger partial charge in [-0.05, 0) is 72.1 Å². The molecule has 3 aromatic carbocycles. The van der Waals surface area contributed by atoms with Gasteiger partial charge in [0, 0.05) is 21.8 Å². The number of rotatable bonds is 12. The summed E-state index contributed by atoms with van der Waals surface area (Å²) < 4.78 is 6.49. The summed E-state index contributed by atoms with van der Waals surface area (Å²) in [6, 6.07) is 15.8. The van der Waals surface area contributed by atoms with Gasteiger partial charge < -0.3 is 15.4 Å². The Morgan fingerprint density at radius 1 is 0.917 bits per heavy atom. The first-order valence-corrected chi connectivity index (χ1v) is 17.3. The van der Waals surface area contributed by atoms with Gasteiger partial charge in [-0.2, -0.15) is 10.1 Å². The predicted molar refractivity (Wildman–Crippen MR) is 196 cm³/mol. The van der Waals surface area contributed by atoms with Crippen molar-refractivity contribution in [1.82, 2.24) is 5.32 Å². The van der Waals surface area contributed by atoms with E-state index in [1.165, 1.54) is 17.7 Å². The Kier molecular flexibility index (Phi) is 11.9. The molecule has 1 aliphatic heterocycles. The quantitative estimate of drug-likeness (QED) is 0.195. The molecule has 0 saturated carbocycles. The van der Waals surface area contributed by atoms with Gasteiger partial charge in [0.15, 0.2) is 6.10 Å². The van der Waals surface area contributed by atoms with E-state index in [0.29, 0.717) is 22.9 Å². The molecule has 0 bridgehead atoms. The average molecular weight is 714 g/mol. The predicted octanol–water partition coefficient (Wildman–Crippen LogP) is 9.69. The third-order valence-electron chi connectivity index (χ3n) is 8.99. The molecule has 48 heavy (non-hydrogen) atoms. The van der Waals surface area contributed by atoms with E-state index in [1.54, 1.807) is 24.3 Å². The molecule has 2 N–H and O–H groups in total. The van der Waals surface area contributed by atoms with Crippen molar-refractivity contribution in [3.63, 3.8) is 0 Å². The van der Waals surface area contributed by atoms with Gasteiger partial charge in [0.2, 0.25) is 0 Å². The molecule has 1 atom stereocenters. The molecule has 0 radical (unpaired) electrons. The van der Waals surface area contributed by atoms with Gasteiger partial charge >= 0.3 is 0 Å². The van der Waals surface area contributed by atoms with Gasteiger partial charge in [-0.3, -0.25) is 14.4 Å². The van der Waals surface area contributed by atoms with E-state index >= 15 is 0 Å². The van der Waals surface area contributed by atoms with Crippen LogP contribution in [0.4, 0.5) is 11.4 Å². The maximum absolute atomic E-state index is 13.6. The van der Waals surface area contributed by atoms with Gasteiger partial charge in [-0.15, -0.1) is 0 Å². The van der Waals surface area contributed by atoms with Gasteiger partial charge in [0.1, 0.15) is 17.3 Å². The van der Waals surface area contributed by atoms with Crippen LogP contribution in [0.2, 0.25) is 15.1 Å². The number of hydrogen-bond acceptors (Lipinski definition) is 5. The molecule has 1 unspecified atom stereocenters. The Hall–Kier alpha value is -3.59. The molecule has 4 rings (SSSR count). The number of carbonyl (C=O) groups is 3. The Morgan fingerprint density at radius 3 is 2.21 bits per heavy atom. The van der Waals surface area contributed by atoms with Gasteiger partial charge in [-0.25, -0.2) is 0 Å². The standard InChI is InChI=1S/C37H43Cl3N4O4/c1-8-12-30(48-29-16-15-23(36(4,5)9-2)18-26(29)37(6,7)10-3)35(47)41-25-14-11-13-22(17-25)34(46)42-31-21-32(45)44(43-31)33-27(39)19-24(38)20-28(33)40/h11,13-20,30H,8-10,12,21H2,1-7H3,(H,41,47)(H,42,43,46). The van der Waals surface area contributed by atoms with Crippen LogP contribution in [0.1, 0.15) is 102 Å². The second kappa shape index (κ2) is 15.3. The number of hydrazone groups is 1. The first-order valence-electron chi connectivity index (χ1n) is 16.2. The lowest BCUT2D eigenvalue weighted by Gasteiger charge is -2.31. The van der Waals surface area contributed by atoms with E-state index in [2.05, 4.69) is 69.4 Å². The van der Waals surface area contributed by atoms with Crippen molar-refractivity contribution in [1.29, 1.82) is 0 Å². The Balaban J connectivity index is 1.51. The molecular formula is C37H43Cl3N4O4. The fraction of sp³-hybridized carbons (Fsp3) is 0.405. The second-order valence-corrected chi connectivity index (χ2v) is 14.5. The Morgan fingerprint density at radius 2 is 1.58 bits per heavy atom. The van der Waals surface area contributed by atoms with Crippen LogP contribution in [0, 0.1) is 0 Å². The van der Waals surface area contributed by atoms with Crippen LogP contribution >= 0.6 is 34.8 Å². The highest BCUT2D eigenvalue weighted by Crippen LogP contribution is 2.40. The number of ether oxygens (including phenoxy) is 1.